The molecule has 0 spiro atoms. The van der Waals surface area contributed by atoms with Gasteiger partial charge in [0, 0.05) is 17.6 Å². The van der Waals surface area contributed by atoms with Gasteiger partial charge in [0.25, 0.3) is 0 Å². The molecule has 0 aliphatic carbocycles. The van der Waals surface area contributed by atoms with Crippen molar-refractivity contribution in [3.8, 4) is 0 Å². The number of hydrogen-bond acceptors (Lipinski definition) is 4. The highest BCUT2D eigenvalue weighted by atomic mass is 19.1. The quantitative estimate of drug-likeness (QED) is 0.483. The van der Waals surface area contributed by atoms with Gasteiger partial charge >= 0.3 is 5.97 Å². The number of benzene rings is 2. The topological polar surface area (TPSA) is 93.2 Å². The number of para-hydroxylation sites is 1. The van der Waals surface area contributed by atoms with Crippen molar-refractivity contribution in [3.63, 3.8) is 0 Å². The van der Waals surface area contributed by atoms with Gasteiger partial charge in [-0.1, -0.05) is 29.5 Å². The van der Waals surface area contributed by atoms with Crippen LogP contribution in [0.3, 0.4) is 0 Å². The number of halogens is 2. The van der Waals surface area contributed by atoms with Gasteiger partial charge in [-0.05, 0) is 49.1 Å². The van der Waals surface area contributed by atoms with E-state index in [9.17, 15) is 23.8 Å². The highest BCUT2D eigenvalue weighted by Gasteiger charge is 2.35. The number of carboxylic acid groups (broad SMARTS) is 1. The second kappa shape index (κ2) is 7.77. The Kier molecular flexibility index (Phi) is 5.01. The molecule has 2 N–H and O–H groups in total. The zero-order valence-corrected chi connectivity index (χ0v) is 17.9. The Bertz CT molecular complexity index is 1360. The van der Waals surface area contributed by atoms with Crippen LogP contribution in [0, 0.1) is 11.6 Å². The smallest absolute Gasteiger partial charge is 0.307 e. The summed E-state index contributed by atoms with van der Waals surface area (Å²) in [5.41, 5.74) is 1.26. The van der Waals surface area contributed by atoms with Crippen LogP contribution in [0.4, 0.5) is 8.78 Å². The van der Waals surface area contributed by atoms with Gasteiger partial charge < -0.3 is 14.8 Å². The monoisotopic (exact) mass is 452 g/mol. The standard InChI is InChI=1S/C24H22F2N4O3/c1-24(33,14-5-7-15(25)8-6-14)21-12-27-28-30(21)16-9-10-20-18(11-22(31)32)17-3-2-4-19(26)23(17)29(20)13-16/h2-8,12,16,33H,9-11,13H2,1H3,(H,31,32). The second-order valence-corrected chi connectivity index (χ2v) is 8.58. The molecule has 7 nitrogen and oxygen atoms in total. The van der Waals surface area contributed by atoms with E-state index in [2.05, 4.69) is 10.3 Å². The normalized spacial score (nSPS) is 17.6. The van der Waals surface area contributed by atoms with Crippen LogP contribution in [-0.2, 0) is 29.8 Å². The van der Waals surface area contributed by atoms with Gasteiger partial charge in [0.1, 0.15) is 17.2 Å². The van der Waals surface area contributed by atoms with Crippen LogP contribution >= 0.6 is 0 Å². The number of rotatable bonds is 5. The first-order valence-corrected chi connectivity index (χ1v) is 10.7. The average Bonchev–Trinajstić information content (AvgIpc) is 3.38. The van der Waals surface area contributed by atoms with Crippen molar-refractivity contribution < 1.29 is 23.8 Å². The Labute approximate surface area is 187 Å². The number of aliphatic carboxylic acids is 1. The Balaban J connectivity index is 1.56. The molecular formula is C24H22F2N4O3. The summed E-state index contributed by atoms with van der Waals surface area (Å²) in [5, 5.41) is 29.5. The summed E-state index contributed by atoms with van der Waals surface area (Å²) >= 11 is 0. The molecule has 0 saturated carbocycles. The summed E-state index contributed by atoms with van der Waals surface area (Å²) in [5.74, 6) is -1.78. The van der Waals surface area contributed by atoms with Crippen LogP contribution in [-0.4, -0.2) is 35.7 Å². The largest absolute Gasteiger partial charge is 0.481 e. The van der Waals surface area contributed by atoms with E-state index in [0.717, 1.165) is 5.69 Å². The van der Waals surface area contributed by atoms with Crippen LogP contribution in [0.5, 0.6) is 0 Å². The maximum Gasteiger partial charge on any atom is 0.307 e. The molecule has 0 fully saturated rings. The summed E-state index contributed by atoms with van der Waals surface area (Å²) in [7, 11) is 0. The summed E-state index contributed by atoms with van der Waals surface area (Å²) in [6.07, 6.45) is 2.43. The Morgan fingerprint density at radius 3 is 2.70 bits per heavy atom. The zero-order valence-electron chi connectivity index (χ0n) is 17.9. The lowest BCUT2D eigenvalue weighted by Crippen LogP contribution is -2.32. The first-order valence-electron chi connectivity index (χ1n) is 10.7. The zero-order chi connectivity index (χ0) is 23.3. The fourth-order valence-electron chi connectivity index (χ4n) is 4.91. The molecule has 0 radical (unpaired) electrons. The predicted molar refractivity (Wildman–Crippen MR) is 116 cm³/mol. The molecule has 0 amide bonds. The molecular weight excluding hydrogens is 430 g/mol. The van der Waals surface area contributed by atoms with Crippen LogP contribution in [0.25, 0.3) is 10.9 Å². The molecule has 3 heterocycles. The van der Waals surface area contributed by atoms with E-state index in [1.807, 2.05) is 4.57 Å². The highest BCUT2D eigenvalue weighted by Crippen LogP contribution is 2.37. The lowest BCUT2D eigenvalue weighted by atomic mass is 9.92. The van der Waals surface area contributed by atoms with Gasteiger partial charge in [0.2, 0.25) is 0 Å². The van der Waals surface area contributed by atoms with Crippen molar-refractivity contribution in [3.05, 3.63) is 82.8 Å². The Hall–Kier alpha value is -3.59. The fraction of sp³-hybridized carbons (Fsp3) is 0.292. The minimum atomic E-state index is -1.48. The number of carbonyl (C=O) groups is 1. The number of aromatic nitrogens is 4. The average molecular weight is 452 g/mol. The van der Waals surface area contributed by atoms with Crippen molar-refractivity contribution >= 4 is 16.9 Å². The number of aliphatic hydroxyl groups is 1. The minimum Gasteiger partial charge on any atom is -0.481 e. The predicted octanol–water partition coefficient (Wildman–Crippen LogP) is 3.58. The molecule has 4 aromatic rings. The Morgan fingerprint density at radius 2 is 1.97 bits per heavy atom. The van der Waals surface area contributed by atoms with E-state index in [1.165, 1.54) is 36.5 Å². The minimum absolute atomic E-state index is 0.180. The molecule has 1 aliphatic rings. The van der Waals surface area contributed by atoms with E-state index >= 15 is 0 Å². The van der Waals surface area contributed by atoms with Gasteiger partial charge in [0.15, 0.2) is 0 Å². The summed E-state index contributed by atoms with van der Waals surface area (Å²) in [4.78, 5) is 11.5. The lowest BCUT2D eigenvalue weighted by Gasteiger charge is -2.31. The third kappa shape index (κ3) is 3.48. The summed E-state index contributed by atoms with van der Waals surface area (Å²) in [6, 6.07) is 10.0. The number of nitrogens with zero attached hydrogens (tertiary/aromatic N) is 4. The molecule has 2 aromatic heterocycles. The number of fused-ring (bicyclic) bond motifs is 3. The third-order valence-electron chi connectivity index (χ3n) is 6.52. The molecule has 2 aromatic carbocycles. The van der Waals surface area contributed by atoms with Crippen LogP contribution in [0.15, 0.2) is 48.7 Å². The Morgan fingerprint density at radius 1 is 1.21 bits per heavy atom. The molecule has 33 heavy (non-hydrogen) atoms. The van der Waals surface area contributed by atoms with Crippen molar-refractivity contribution in [2.24, 2.45) is 0 Å². The first-order chi connectivity index (χ1) is 15.8. The molecule has 1 aliphatic heterocycles. The molecule has 0 saturated heterocycles. The maximum atomic E-state index is 14.8. The van der Waals surface area contributed by atoms with E-state index in [4.69, 9.17) is 0 Å². The van der Waals surface area contributed by atoms with E-state index in [-0.39, 0.29) is 12.5 Å². The van der Waals surface area contributed by atoms with Gasteiger partial charge in [0.05, 0.1) is 29.9 Å². The van der Waals surface area contributed by atoms with E-state index in [1.54, 1.807) is 23.7 Å². The second-order valence-electron chi connectivity index (χ2n) is 8.58. The van der Waals surface area contributed by atoms with Crippen molar-refractivity contribution in [2.75, 3.05) is 0 Å². The SMILES string of the molecule is CC(O)(c1ccc(F)cc1)c1cnnn1C1CCc2c(CC(=O)O)c3cccc(F)c3n2C1. The molecule has 170 valence electrons. The van der Waals surface area contributed by atoms with E-state index < -0.39 is 23.2 Å². The highest BCUT2D eigenvalue weighted by molar-refractivity contribution is 5.89. The number of hydrogen-bond donors (Lipinski definition) is 2. The summed E-state index contributed by atoms with van der Waals surface area (Å²) in [6.45, 7) is 1.95. The first kappa shape index (κ1) is 21.3. The molecule has 2 atom stereocenters. The third-order valence-corrected chi connectivity index (χ3v) is 6.52. The van der Waals surface area contributed by atoms with Crippen molar-refractivity contribution in [1.29, 1.82) is 0 Å². The van der Waals surface area contributed by atoms with E-state index in [0.29, 0.717) is 47.1 Å². The molecule has 2 unspecified atom stereocenters. The van der Waals surface area contributed by atoms with Crippen molar-refractivity contribution in [2.45, 2.75) is 44.4 Å². The van der Waals surface area contributed by atoms with Crippen LogP contribution < -0.4 is 0 Å². The van der Waals surface area contributed by atoms with Gasteiger partial charge in [-0.2, -0.15) is 0 Å². The number of carboxylic acids is 1. The molecule has 0 bridgehead atoms. The van der Waals surface area contributed by atoms with Crippen molar-refractivity contribution in [1.82, 2.24) is 19.6 Å². The fourth-order valence-corrected chi connectivity index (χ4v) is 4.91. The maximum absolute atomic E-state index is 14.8. The van der Waals surface area contributed by atoms with Crippen LogP contribution in [0.2, 0.25) is 0 Å². The summed E-state index contributed by atoms with van der Waals surface area (Å²) < 4.78 is 31.7. The molecule has 9 heteroatoms. The van der Waals surface area contributed by atoms with Gasteiger partial charge in [-0.15, -0.1) is 5.10 Å². The van der Waals surface area contributed by atoms with Crippen LogP contribution in [0.1, 0.15) is 41.9 Å². The molecule has 5 rings (SSSR count). The van der Waals surface area contributed by atoms with Gasteiger partial charge in [-0.3, -0.25) is 4.79 Å². The lowest BCUT2D eigenvalue weighted by molar-refractivity contribution is -0.136. The van der Waals surface area contributed by atoms with Gasteiger partial charge in [-0.25, -0.2) is 13.5 Å².